The predicted octanol–water partition coefficient (Wildman–Crippen LogP) is 4.36. The van der Waals surface area contributed by atoms with E-state index in [0.717, 1.165) is 10.9 Å². The zero-order valence-electron chi connectivity index (χ0n) is 12.4. The van der Waals surface area contributed by atoms with Gasteiger partial charge in [0.2, 0.25) is 5.76 Å². The number of carbonyl (C=O) groups excluding carboxylic acids is 1. The number of rotatable bonds is 3. The van der Waals surface area contributed by atoms with E-state index in [9.17, 15) is 4.79 Å². The van der Waals surface area contributed by atoms with E-state index in [-0.39, 0.29) is 12.4 Å². The molecule has 22 heavy (non-hydrogen) atoms. The second-order valence-electron chi connectivity index (χ2n) is 5.08. The SMILES string of the molecule is Cc1noc(C)c1COC(=O)c1oc2ccc(Cl)cc2c1C. The molecule has 2 aromatic heterocycles. The van der Waals surface area contributed by atoms with Crippen molar-refractivity contribution in [2.24, 2.45) is 0 Å². The maximum Gasteiger partial charge on any atom is 0.374 e. The average molecular weight is 320 g/mol. The number of hydrogen-bond donors (Lipinski definition) is 0. The first kappa shape index (κ1) is 14.7. The van der Waals surface area contributed by atoms with Crippen molar-refractivity contribution in [3.63, 3.8) is 0 Å². The van der Waals surface area contributed by atoms with E-state index in [1.54, 1.807) is 39.0 Å². The summed E-state index contributed by atoms with van der Waals surface area (Å²) in [5, 5.41) is 5.22. The Labute approximate surface area is 131 Å². The van der Waals surface area contributed by atoms with Gasteiger partial charge in [-0.25, -0.2) is 4.79 Å². The highest BCUT2D eigenvalue weighted by molar-refractivity contribution is 6.31. The number of carbonyl (C=O) groups is 1. The Morgan fingerprint density at radius 3 is 2.77 bits per heavy atom. The van der Waals surface area contributed by atoms with E-state index in [1.807, 2.05) is 0 Å². The summed E-state index contributed by atoms with van der Waals surface area (Å²) in [6.45, 7) is 5.47. The molecule has 0 aliphatic rings. The second kappa shape index (κ2) is 5.50. The van der Waals surface area contributed by atoms with Gasteiger partial charge >= 0.3 is 5.97 Å². The standard InChI is InChI=1S/C16H14ClNO4/c1-8-12-6-11(17)4-5-14(12)21-15(8)16(19)20-7-13-9(2)18-22-10(13)3/h4-6H,7H2,1-3H3. The highest BCUT2D eigenvalue weighted by Gasteiger charge is 2.20. The Kier molecular flexibility index (Phi) is 3.66. The molecule has 0 aliphatic heterocycles. The van der Waals surface area contributed by atoms with Gasteiger partial charge in [0.1, 0.15) is 18.0 Å². The van der Waals surface area contributed by atoms with E-state index in [0.29, 0.717) is 27.6 Å². The molecule has 0 spiro atoms. The number of ether oxygens (including phenoxy) is 1. The van der Waals surface area contributed by atoms with Gasteiger partial charge in [-0.15, -0.1) is 0 Å². The fourth-order valence-electron chi connectivity index (χ4n) is 2.30. The van der Waals surface area contributed by atoms with Crippen molar-refractivity contribution in [3.05, 3.63) is 51.6 Å². The maximum absolute atomic E-state index is 12.2. The van der Waals surface area contributed by atoms with E-state index >= 15 is 0 Å². The molecule has 0 N–H and O–H groups in total. The van der Waals surface area contributed by atoms with Gasteiger partial charge in [0, 0.05) is 16.0 Å². The average Bonchev–Trinajstić information content (AvgIpc) is 2.98. The molecule has 114 valence electrons. The van der Waals surface area contributed by atoms with Crippen molar-refractivity contribution < 1.29 is 18.5 Å². The molecule has 3 aromatic rings. The van der Waals surface area contributed by atoms with Gasteiger partial charge in [0.05, 0.1) is 11.3 Å². The van der Waals surface area contributed by atoms with Crippen molar-refractivity contribution in [3.8, 4) is 0 Å². The van der Waals surface area contributed by atoms with Crippen LogP contribution in [0.15, 0.2) is 27.1 Å². The van der Waals surface area contributed by atoms with Crippen LogP contribution in [0.2, 0.25) is 5.02 Å². The normalized spacial score (nSPS) is 11.1. The van der Waals surface area contributed by atoms with Gasteiger partial charge < -0.3 is 13.7 Å². The van der Waals surface area contributed by atoms with E-state index < -0.39 is 5.97 Å². The lowest BCUT2D eigenvalue weighted by atomic mass is 10.1. The van der Waals surface area contributed by atoms with Gasteiger partial charge in [-0.05, 0) is 39.0 Å². The van der Waals surface area contributed by atoms with Gasteiger partial charge in [-0.3, -0.25) is 0 Å². The minimum atomic E-state index is -0.523. The second-order valence-corrected chi connectivity index (χ2v) is 5.51. The van der Waals surface area contributed by atoms with Crippen LogP contribution in [0.5, 0.6) is 0 Å². The molecule has 0 unspecified atom stereocenters. The highest BCUT2D eigenvalue weighted by atomic mass is 35.5. The Hall–Kier alpha value is -2.27. The molecule has 0 aliphatic carbocycles. The molecule has 5 nitrogen and oxygen atoms in total. The summed E-state index contributed by atoms with van der Waals surface area (Å²) >= 11 is 5.97. The van der Waals surface area contributed by atoms with Crippen LogP contribution in [0.25, 0.3) is 11.0 Å². The number of fused-ring (bicyclic) bond motifs is 1. The lowest BCUT2D eigenvalue weighted by Gasteiger charge is -2.02. The van der Waals surface area contributed by atoms with Gasteiger partial charge in [0.25, 0.3) is 0 Å². The molecule has 0 saturated carbocycles. The van der Waals surface area contributed by atoms with Crippen molar-refractivity contribution >= 4 is 28.5 Å². The molecular weight excluding hydrogens is 306 g/mol. The molecule has 0 radical (unpaired) electrons. The summed E-state index contributed by atoms with van der Waals surface area (Å²) in [4.78, 5) is 12.2. The third-order valence-electron chi connectivity index (χ3n) is 3.61. The fraction of sp³-hybridized carbons (Fsp3) is 0.250. The first-order chi connectivity index (χ1) is 10.5. The van der Waals surface area contributed by atoms with Crippen molar-refractivity contribution in [2.45, 2.75) is 27.4 Å². The van der Waals surface area contributed by atoms with Crippen molar-refractivity contribution in [1.82, 2.24) is 5.16 Å². The monoisotopic (exact) mass is 319 g/mol. The maximum atomic E-state index is 12.2. The van der Waals surface area contributed by atoms with Crippen LogP contribution in [0.1, 0.15) is 33.1 Å². The Morgan fingerprint density at radius 2 is 2.09 bits per heavy atom. The molecule has 0 amide bonds. The number of benzene rings is 1. The van der Waals surface area contributed by atoms with E-state index in [4.69, 9.17) is 25.3 Å². The number of furan rings is 1. The van der Waals surface area contributed by atoms with Crippen LogP contribution >= 0.6 is 11.6 Å². The topological polar surface area (TPSA) is 65.5 Å². The molecule has 6 heteroatoms. The zero-order chi connectivity index (χ0) is 15.9. The van der Waals surface area contributed by atoms with Gasteiger partial charge in [-0.2, -0.15) is 0 Å². The number of esters is 1. The number of aromatic nitrogens is 1. The van der Waals surface area contributed by atoms with Gasteiger partial charge in [-0.1, -0.05) is 16.8 Å². The minimum Gasteiger partial charge on any atom is -0.455 e. The Bertz CT molecular complexity index is 843. The summed E-state index contributed by atoms with van der Waals surface area (Å²) in [5.74, 6) is 0.298. The number of nitrogens with zero attached hydrogens (tertiary/aromatic N) is 1. The summed E-state index contributed by atoms with van der Waals surface area (Å²) in [6.07, 6.45) is 0. The van der Waals surface area contributed by atoms with Crippen LogP contribution in [0.3, 0.4) is 0 Å². The molecule has 2 heterocycles. The number of hydrogen-bond acceptors (Lipinski definition) is 5. The van der Waals surface area contributed by atoms with Crippen LogP contribution in [-0.4, -0.2) is 11.1 Å². The summed E-state index contributed by atoms with van der Waals surface area (Å²) in [6, 6.07) is 5.21. The molecule has 0 bridgehead atoms. The summed E-state index contributed by atoms with van der Waals surface area (Å²) in [7, 11) is 0. The largest absolute Gasteiger partial charge is 0.455 e. The van der Waals surface area contributed by atoms with Crippen molar-refractivity contribution in [2.75, 3.05) is 0 Å². The summed E-state index contributed by atoms with van der Waals surface area (Å²) < 4.78 is 15.9. The minimum absolute atomic E-state index is 0.0945. The predicted molar refractivity (Wildman–Crippen MR) is 81.1 cm³/mol. The third kappa shape index (κ3) is 2.48. The van der Waals surface area contributed by atoms with Crippen LogP contribution in [0.4, 0.5) is 0 Å². The van der Waals surface area contributed by atoms with Crippen molar-refractivity contribution in [1.29, 1.82) is 0 Å². The molecule has 3 rings (SSSR count). The van der Waals surface area contributed by atoms with E-state index in [2.05, 4.69) is 5.16 Å². The highest BCUT2D eigenvalue weighted by Crippen LogP contribution is 2.28. The third-order valence-corrected chi connectivity index (χ3v) is 3.85. The van der Waals surface area contributed by atoms with Crippen LogP contribution in [-0.2, 0) is 11.3 Å². The van der Waals surface area contributed by atoms with Crippen LogP contribution < -0.4 is 0 Å². The van der Waals surface area contributed by atoms with E-state index in [1.165, 1.54) is 0 Å². The molecular formula is C16H14ClNO4. The molecule has 0 saturated heterocycles. The lowest BCUT2D eigenvalue weighted by Crippen LogP contribution is -2.06. The summed E-state index contributed by atoms with van der Waals surface area (Å²) in [5.41, 5.74) is 2.79. The first-order valence-electron chi connectivity index (χ1n) is 6.75. The fourth-order valence-corrected chi connectivity index (χ4v) is 2.47. The smallest absolute Gasteiger partial charge is 0.374 e. The molecule has 0 fully saturated rings. The first-order valence-corrected chi connectivity index (χ1v) is 7.12. The molecule has 0 atom stereocenters. The zero-order valence-corrected chi connectivity index (χ0v) is 13.2. The Morgan fingerprint density at radius 1 is 1.32 bits per heavy atom. The number of aryl methyl sites for hydroxylation is 3. The lowest BCUT2D eigenvalue weighted by molar-refractivity contribution is 0.0435. The van der Waals surface area contributed by atoms with Crippen LogP contribution in [0, 0.1) is 20.8 Å². The van der Waals surface area contributed by atoms with Gasteiger partial charge in [0.15, 0.2) is 0 Å². The Balaban J connectivity index is 1.85. The number of halogens is 1. The molecule has 1 aromatic carbocycles. The quantitative estimate of drug-likeness (QED) is 0.671.